The van der Waals surface area contributed by atoms with E-state index in [0.717, 1.165) is 16.0 Å². The summed E-state index contributed by atoms with van der Waals surface area (Å²) in [5.41, 5.74) is 1.85. The fourth-order valence-electron chi connectivity index (χ4n) is 2.67. The summed E-state index contributed by atoms with van der Waals surface area (Å²) in [6.45, 7) is 5.60. The molecule has 6 heteroatoms. The molecule has 1 aromatic carbocycles. The molecule has 1 atom stereocenters. The van der Waals surface area contributed by atoms with E-state index < -0.39 is 6.10 Å². The molecule has 0 amide bonds. The van der Waals surface area contributed by atoms with Crippen molar-refractivity contribution in [3.05, 3.63) is 62.5 Å². The summed E-state index contributed by atoms with van der Waals surface area (Å²) in [4.78, 5) is 33.3. The van der Waals surface area contributed by atoms with Gasteiger partial charge in [0.15, 0.2) is 11.9 Å². The third-order valence-corrected chi connectivity index (χ3v) is 5.31. The van der Waals surface area contributed by atoms with Crippen molar-refractivity contribution in [2.24, 2.45) is 0 Å². The van der Waals surface area contributed by atoms with Crippen LogP contribution in [-0.4, -0.2) is 15.9 Å². The maximum absolute atomic E-state index is 12.3. The number of thiophene rings is 1. The second-order valence-corrected chi connectivity index (χ2v) is 7.24. The summed E-state index contributed by atoms with van der Waals surface area (Å²) in [6.07, 6.45) is 0.319. The number of H-pyrrole nitrogens is 1. The number of nitrogens with one attached hydrogen (secondary N) is 1. The standard InChI is InChI=1S/C19H20N2O3S/c1-11-13(3)25-19-16(11)18(23)20-17(21-19)12(2)24-15(22)10-9-14-7-5-4-6-8-14/h4-8,12H,9-10H2,1-3H3,(H,20,21,23). The highest BCUT2D eigenvalue weighted by molar-refractivity contribution is 7.18. The summed E-state index contributed by atoms with van der Waals surface area (Å²) in [7, 11) is 0. The third-order valence-electron chi connectivity index (χ3n) is 4.21. The molecular weight excluding hydrogens is 336 g/mol. The molecule has 0 aliphatic rings. The highest BCUT2D eigenvalue weighted by Gasteiger charge is 2.18. The van der Waals surface area contributed by atoms with E-state index in [0.29, 0.717) is 22.5 Å². The number of aryl methyl sites for hydroxylation is 3. The molecule has 1 N–H and O–H groups in total. The number of aromatic nitrogens is 2. The smallest absolute Gasteiger partial charge is 0.306 e. The maximum atomic E-state index is 12.3. The minimum atomic E-state index is -0.594. The Kier molecular flexibility index (Phi) is 4.99. The van der Waals surface area contributed by atoms with Crippen LogP contribution in [0.5, 0.6) is 0 Å². The van der Waals surface area contributed by atoms with Gasteiger partial charge in [-0.15, -0.1) is 11.3 Å². The first-order valence-corrected chi connectivity index (χ1v) is 9.00. The largest absolute Gasteiger partial charge is 0.454 e. The number of rotatable bonds is 5. The molecule has 0 fully saturated rings. The monoisotopic (exact) mass is 356 g/mol. The predicted molar refractivity (Wildman–Crippen MR) is 99.0 cm³/mol. The van der Waals surface area contributed by atoms with Gasteiger partial charge in [0.25, 0.3) is 5.56 Å². The van der Waals surface area contributed by atoms with Crippen molar-refractivity contribution in [1.82, 2.24) is 9.97 Å². The summed E-state index contributed by atoms with van der Waals surface area (Å²) in [6, 6.07) is 9.78. The van der Waals surface area contributed by atoms with E-state index in [1.54, 1.807) is 6.92 Å². The van der Waals surface area contributed by atoms with Gasteiger partial charge < -0.3 is 9.72 Å². The third kappa shape index (κ3) is 3.79. The van der Waals surface area contributed by atoms with Crippen LogP contribution in [0.25, 0.3) is 10.2 Å². The SMILES string of the molecule is Cc1sc2nc(C(C)OC(=O)CCc3ccccc3)[nH]c(=O)c2c1C. The lowest BCUT2D eigenvalue weighted by Gasteiger charge is -2.12. The Morgan fingerprint density at radius 2 is 2.00 bits per heavy atom. The highest BCUT2D eigenvalue weighted by Crippen LogP contribution is 2.27. The van der Waals surface area contributed by atoms with Gasteiger partial charge in [-0.05, 0) is 38.3 Å². The van der Waals surface area contributed by atoms with Gasteiger partial charge in [0.2, 0.25) is 0 Å². The van der Waals surface area contributed by atoms with Crippen LogP contribution < -0.4 is 5.56 Å². The molecule has 0 aliphatic heterocycles. The summed E-state index contributed by atoms with van der Waals surface area (Å²) < 4.78 is 5.43. The summed E-state index contributed by atoms with van der Waals surface area (Å²) in [5, 5.41) is 0.619. The minimum absolute atomic E-state index is 0.186. The van der Waals surface area contributed by atoms with Crippen LogP contribution in [0.4, 0.5) is 0 Å². The predicted octanol–water partition coefficient (Wildman–Crippen LogP) is 3.84. The van der Waals surface area contributed by atoms with Gasteiger partial charge in [0.05, 0.1) is 5.39 Å². The topological polar surface area (TPSA) is 72.0 Å². The molecule has 25 heavy (non-hydrogen) atoms. The average molecular weight is 356 g/mol. The Morgan fingerprint density at radius 1 is 1.28 bits per heavy atom. The Morgan fingerprint density at radius 3 is 2.72 bits per heavy atom. The van der Waals surface area contributed by atoms with Crippen LogP contribution in [0.1, 0.15) is 41.3 Å². The van der Waals surface area contributed by atoms with Gasteiger partial charge in [-0.2, -0.15) is 0 Å². The van der Waals surface area contributed by atoms with E-state index in [1.807, 2.05) is 44.2 Å². The Balaban J connectivity index is 1.70. The average Bonchev–Trinajstić information content (AvgIpc) is 2.88. The highest BCUT2D eigenvalue weighted by atomic mass is 32.1. The van der Waals surface area contributed by atoms with Crippen LogP contribution >= 0.6 is 11.3 Å². The quantitative estimate of drug-likeness (QED) is 0.705. The molecule has 0 aliphatic carbocycles. The molecule has 0 saturated carbocycles. The molecule has 1 unspecified atom stereocenters. The molecule has 3 rings (SSSR count). The minimum Gasteiger partial charge on any atom is -0.454 e. The first-order chi connectivity index (χ1) is 12.0. The van der Waals surface area contributed by atoms with Gasteiger partial charge in [0.1, 0.15) is 4.83 Å². The van der Waals surface area contributed by atoms with Crippen molar-refractivity contribution >= 4 is 27.5 Å². The number of esters is 1. The van der Waals surface area contributed by atoms with Crippen LogP contribution in [-0.2, 0) is 16.0 Å². The zero-order valence-electron chi connectivity index (χ0n) is 14.5. The van der Waals surface area contributed by atoms with Crippen LogP contribution in [0.3, 0.4) is 0 Å². The Labute approximate surface area is 149 Å². The van der Waals surface area contributed by atoms with Gasteiger partial charge >= 0.3 is 5.97 Å². The molecule has 0 bridgehead atoms. The van der Waals surface area contributed by atoms with E-state index in [9.17, 15) is 9.59 Å². The molecule has 0 spiro atoms. The zero-order chi connectivity index (χ0) is 18.0. The number of ether oxygens (including phenoxy) is 1. The van der Waals surface area contributed by atoms with E-state index in [4.69, 9.17) is 4.74 Å². The Hall–Kier alpha value is -2.47. The first kappa shape index (κ1) is 17.4. The Bertz CT molecular complexity index is 960. The fourth-order valence-corrected chi connectivity index (χ4v) is 3.70. The number of nitrogens with zero attached hydrogens (tertiary/aromatic N) is 1. The number of hydrogen-bond donors (Lipinski definition) is 1. The number of carbonyl (C=O) groups is 1. The van der Waals surface area contributed by atoms with Crippen molar-refractivity contribution in [3.63, 3.8) is 0 Å². The van der Waals surface area contributed by atoms with Gasteiger partial charge in [-0.25, -0.2) is 4.98 Å². The van der Waals surface area contributed by atoms with Gasteiger partial charge in [-0.1, -0.05) is 30.3 Å². The lowest BCUT2D eigenvalue weighted by atomic mass is 10.1. The maximum Gasteiger partial charge on any atom is 0.306 e. The van der Waals surface area contributed by atoms with Crippen LogP contribution in [0.15, 0.2) is 35.1 Å². The van der Waals surface area contributed by atoms with E-state index >= 15 is 0 Å². The van der Waals surface area contributed by atoms with Gasteiger partial charge in [-0.3, -0.25) is 9.59 Å². The van der Waals surface area contributed by atoms with Crippen molar-refractivity contribution in [1.29, 1.82) is 0 Å². The molecule has 130 valence electrons. The number of aromatic amines is 1. The second-order valence-electron chi connectivity index (χ2n) is 6.03. The molecule has 5 nitrogen and oxygen atoms in total. The molecule has 2 aromatic heterocycles. The van der Waals surface area contributed by atoms with Crippen LogP contribution in [0.2, 0.25) is 0 Å². The fraction of sp³-hybridized carbons (Fsp3) is 0.316. The molecular formula is C19H20N2O3S. The molecule has 0 saturated heterocycles. The summed E-state index contributed by atoms with van der Waals surface area (Å²) >= 11 is 1.48. The lowest BCUT2D eigenvalue weighted by Crippen LogP contribution is -2.17. The number of hydrogen-bond acceptors (Lipinski definition) is 5. The normalized spacial score (nSPS) is 12.3. The van der Waals surface area contributed by atoms with Gasteiger partial charge in [0, 0.05) is 11.3 Å². The summed E-state index contributed by atoms with van der Waals surface area (Å²) in [5.74, 6) is 0.0736. The second kappa shape index (κ2) is 7.19. The molecule has 2 heterocycles. The lowest BCUT2D eigenvalue weighted by molar-refractivity contribution is -0.148. The number of carbonyl (C=O) groups excluding carboxylic acids is 1. The van der Waals surface area contributed by atoms with Crippen molar-refractivity contribution in [2.45, 2.75) is 39.7 Å². The van der Waals surface area contributed by atoms with Crippen LogP contribution in [0, 0.1) is 13.8 Å². The number of fused-ring (bicyclic) bond motifs is 1. The molecule has 3 aromatic rings. The molecule has 0 radical (unpaired) electrons. The van der Waals surface area contributed by atoms with Crippen molar-refractivity contribution in [2.75, 3.05) is 0 Å². The zero-order valence-corrected chi connectivity index (χ0v) is 15.3. The number of benzene rings is 1. The van der Waals surface area contributed by atoms with E-state index in [1.165, 1.54) is 11.3 Å². The van der Waals surface area contributed by atoms with Crippen molar-refractivity contribution < 1.29 is 9.53 Å². The van der Waals surface area contributed by atoms with Crippen molar-refractivity contribution in [3.8, 4) is 0 Å². The first-order valence-electron chi connectivity index (χ1n) is 8.19. The van der Waals surface area contributed by atoms with E-state index in [2.05, 4.69) is 9.97 Å². The van der Waals surface area contributed by atoms with E-state index in [-0.39, 0.29) is 17.9 Å².